The molecule has 2 aromatic carbocycles. The molecule has 0 saturated heterocycles. The number of imidazole rings is 1. The molecule has 0 radical (unpaired) electrons. The third-order valence-corrected chi connectivity index (χ3v) is 6.39. The minimum absolute atomic E-state index is 0.119. The van der Waals surface area contributed by atoms with Crippen LogP contribution in [-0.4, -0.2) is 58.6 Å². The predicted molar refractivity (Wildman–Crippen MR) is 135 cm³/mol. The van der Waals surface area contributed by atoms with Gasteiger partial charge >= 0.3 is 0 Å². The largest absolute Gasteiger partial charge is 0.497 e. The van der Waals surface area contributed by atoms with Gasteiger partial charge in [0.2, 0.25) is 0 Å². The number of amidine groups is 1. The van der Waals surface area contributed by atoms with E-state index in [-0.39, 0.29) is 23.5 Å². The zero-order valence-corrected chi connectivity index (χ0v) is 20.5. The molecule has 0 saturated carbocycles. The SMILES string of the molecule is CCN1Cc2cccc(C(=O)N[C@@H](CCCNC(=N)CCl)c3nc4cc(OC)ccc4[nH]3)c2C1=O. The minimum atomic E-state index is -0.428. The molecule has 9 nitrogen and oxygen atoms in total. The van der Waals surface area contributed by atoms with E-state index in [1.807, 2.05) is 37.3 Å². The molecule has 2 amide bonds. The number of rotatable bonds is 10. The summed E-state index contributed by atoms with van der Waals surface area (Å²) in [5.74, 6) is 1.24. The van der Waals surface area contributed by atoms with Gasteiger partial charge in [0.15, 0.2) is 0 Å². The number of carbonyl (C=O) groups is 2. The maximum atomic E-state index is 13.4. The maximum absolute atomic E-state index is 13.4. The summed E-state index contributed by atoms with van der Waals surface area (Å²) < 4.78 is 5.30. The first-order valence-electron chi connectivity index (χ1n) is 11.6. The van der Waals surface area contributed by atoms with E-state index in [4.69, 9.17) is 26.7 Å². The third-order valence-electron chi connectivity index (χ3n) is 6.12. The number of alkyl halides is 1. The van der Waals surface area contributed by atoms with E-state index in [1.165, 1.54) is 0 Å². The van der Waals surface area contributed by atoms with Gasteiger partial charge in [-0.2, -0.15) is 0 Å². The molecule has 1 aliphatic rings. The normalized spacial score (nSPS) is 13.6. The molecular weight excluding hydrogens is 468 g/mol. The fourth-order valence-electron chi connectivity index (χ4n) is 4.27. The van der Waals surface area contributed by atoms with Crippen LogP contribution in [0.25, 0.3) is 11.0 Å². The van der Waals surface area contributed by atoms with Crippen LogP contribution in [0.2, 0.25) is 0 Å². The summed E-state index contributed by atoms with van der Waals surface area (Å²) >= 11 is 5.67. The fourth-order valence-corrected chi connectivity index (χ4v) is 4.36. The van der Waals surface area contributed by atoms with Gasteiger partial charge < -0.3 is 25.3 Å². The van der Waals surface area contributed by atoms with E-state index in [0.717, 1.165) is 16.6 Å². The van der Waals surface area contributed by atoms with Crippen molar-refractivity contribution in [3.8, 4) is 5.75 Å². The average Bonchev–Trinajstić information content (AvgIpc) is 3.45. The van der Waals surface area contributed by atoms with Crippen LogP contribution < -0.4 is 15.4 Å². The number of fused-ring (bicyclic) bond motifs is 2. The van der Waals surface area contributed by atoms with Crippen LogP contribution in [0.4, 0.5) is 0 Å². The number of benzene rings is 2. The number of nitrogens with one attached hydrogen (secondary N) is 4. The van der Waals surface area contributed by atoms with Crippen LogP contribution in [0.1, 0.15) is 57.9 Å². The Morgan fingerprint density at radius 2 is 2.17 bits per heavy atom. The van der Waals surface area contributed by atoms with Crippen LogP contribution in [0.15, 0.2) is 36.4 Å². The Bertz CT molecular complexity index is 1260. The Hall–Kier alpha value is -3.59. The molecule has 35 heavy (non-hydrogen) atoms. The Kier molecular flexibility index (Phi) is 7.55. The summed E-state index contributed by atoms with van der Waals surface area (Å²) in [7, 11) is 1.60. The standard InChI is InChI=1S/C25H29ClN6O3/c1-3-32-14-15-6-4-7-17(22(15)25(32)34)24(33)31-19(8-5-11-28-21(27)13-26)23-29-18-10-9-16(35-2)12-20(18)30-23/h4,6-7,9-10,12,19H,3,5,8,11,13-14H2,1-2H3,(H2,27,28)(H,29,30)(H,31,33)/t19-/m0/s1. The van der Waals surface area contributed by atoms with Gasteiger partial charge in [0.1, 0.15) is 17.4 Å². The zero-order chi connectivity index (χ0) is 24.9. The van der Waals surface area contributed by atoms with Gasteiger partial charge in [0.25, 0.3) is 11.8 Å². The van der Waals surface area contributed by atoms with Gasteiger partial charge in [-0.25, -0.2) is 4.98 Å². The second-order valence-electron chi connectivity index (χ2n) is 8.37. The highest BCUT2D eigenvalue weighted by atomic mass is 35.5. The number of amides is 2. The van der Waals surface area contributed by atoms with Gasteiger partial charge in [-0.15, -0.1) is 11.6 Å². The van der Waals surface area contributed by atoms with Gasteiger partial charge in [-0.05, 0) is 43.5 Å². The number of aromatic amines is 1. The van der Waals surface area contributed by atoms with Crippen molar-refractivity contribution in [3.05, 3.63) is 58.9 Å². The highest BCUT2D eigenvalue weighted by Gasteiger charge is 2.31. The van der Waals surface area contributed by atoms with Crippen LogP contribution in [0.5, 0.6) is 5.75 Å². The molecule has 184 valence electrons. The van der Waals surface area contributed by atoms with Gasteiger partial charge in [0, 0.05) is 25.7 Å². The van der Waals surface area contributed by atoms with Crippen LogP contribution >= 0.6 is 11.6 Å². The minimum Gasteiger partial charge on any atom is -0.497 e. The molecule has 1 atom stereocenters. The molecule has 1 aliphatic heterocycles. The Morgan fingerprint density at radius 3 is 2.91 bits per heavy atom. The second-order valence-corrected chi connectivity index (χ2v) is 8.64. The number of ether oxygens (including phenoxy) is 1. The summed E-state index contributed by atoms with van der Waals surface area (Å²) in [5, 5.41) is 13.7. The van der Waals surface area contributed by atoms with E-state index < -0.39 is 6.04 Å². The lowest BCUT2D eigenvalue weighted by molar-refractivity contribution is 0.0780. The van der Waals surface area contributed by atoms with Crippen molar-refractivity contribution in [3.63, 3.8) is 0 Å². The lowest BCUT2D eigenvalue weighted by atomic mass is 10.0. The van der Waals surface area contributed by atoms with Gasteiger partial charge in [0.05, 0.1) is 41.2 Å². The molecule has 0 unspecified atom stereocenters. The molecular formula is C25H29ClN6O3. The maximum Gasteiger partial charge on any atom is 0.255 e. The van der Waals surface area contributed by atoms with Crippen molar-refractivity contribution in [2.45, 2.75) is 32.4 Å². The van der Waals surface area contributed by atoms with Gasteiger partial charge in [-0.1, -0.05) is 12.1 Å². The van der Waals surface area contributed by atoms with Crippen LogP contribution in [0.3, 0.4) is 0 Å². The Balaban J connectivity index is 1.59. The first-order chi connectivity index (χ1) is 16.9. The number of hydrogen-bond acceptors (Lipinski definition) is 5. The third kappa shape index (κ3) is 5.24. The average molecular weight is 497 g/mol. The number of aromatic nitrogens is 2. The molecule has 10 heteroatoms. The van der Waals surface area contributed by atoms with E-state index in [9.17, 15) is 9.59 Å². The predicted octanol–water partition coefficient (Wildman–Crippen LogP) is 3.60. The molecule has 0 bridgehead atoms. The molecule has 3 aromatic rings. The number of methoxy groups -OCH3 is 1. The first kappa shape index (κ1) is 24.5. The summed E-state index contributed by atoms with van der Waals surface area (Å²) in [4.78, 5) is 36.0. The Labute approximate surface area is 208 Å². The summed E-state index contributed by atoms with van der Waals surface area (Å²) in [6.07, 6.45) is 1.23. The molecule has 4 rings (SSSR count). The van der Waals surface area contributed by atoms with Crippen LogP contribution in [-0.2, 0) is 6.54 Å². The quantitative estimate of drug-likeness (QED) is 0.148. The van der Waals surface area contributed by atoms with Crippen molar-refractivity contribution in [1.82, 2.24) is 25.5 Å². The number of H-pyrrole nitrogens is 1. The smallest absolute Gasteiger partial charge is 0.255 e. The molecule has 4 N–H and O–H groups in total. The molecule has 1 aromatic heterocycles. The molecule has 0 aliphatic carbocycles. The van der Waals surface area contributed by atoms with E-state index >= 15 is 0 Å². The molecule has 0 spiro atoms. The van der Waals surface area contributed by atoms with Crippen molar-refractivity contribution < 1.29 is 14.3 Å². The lowest BCUT2D eigenvalue weighted by Gasteiger charge is -2.18. The number of carbonyl (C=O) groups excluding carboxylic acids is 2. The monoisotopic (exact) mass is 496 g/mol. The van der Waals surface area contributed by atoms with E-state index in [1.54, 1.807) is 18.1 Å². The van der Waals surface area contributed by atoms with E-state index in [0.29, 0.717) is 55.2 Å². The van der Waals surface area contributed by atoms with Crippen LogP contribution in [0, 0.1) is 5.41 Å². The number of hydrogen-bond donors (Lipinski definition) is 4. The summed E-state index contributed by atoms with van der Waals surface area (Å²) in [5.41, 5.74) is 3.26. The number of nitrogens with zero attached hydrogens (tertiary/aromatic N) is 2. The fraction of sp³-hybridized carbons (Fsp3) is 0.360. The second kappa shape index (κ2) is 10.8. The highest BCUT2D eigenvalue weighted by Crippen LogP contribution is 2.27. The molecule has 2 heterocycles. The first-order valence-corrected chi connectivity index (χ1v) is 12.1. The topological polar surface area (TPSA) is 123 Å². The summed E-state index contributed by atoms with van der Waals surface area (Å²) in [6, 6.07) is 10.5. The zero-order valence-electron chi connectivity index (χ0n) is 19.8. The summed E-state index contributed by atoms with van der Waals surface area (Å²) in [6.45, 7) is 3.56. The van der Waals surface area contributed by atoms with Crippen molar-refractivity contribution in [1.29, 1.82) is 5.41 Å². The van der Waals surface area contributed by atoms with E-state index in [2.05, 4.69) is 15.6 Å². The highest BCUT2D eigenvalue weighted by molar-refractivity contribution is 6.27. The lowest BCUT2D eigenvalue weighted by Crippen LogP contribution is -2.32. The Morgan fingerprint density at radius 1 is 1.34 bits per heavy atom. The van der Waals surface area contributed by atoms with Crippen molar-refractivity contribution >= 4 is 40.3 Å². The molecule has 0 fully saturated rings. The van der Waals surface area contributed by atoms with Crippen molar-refractivity contribution in [2.75, 3.05) is 26.1 Å². The van der Waals surface area contributed by atoms with Crippen molar-refractivity contribution in [2.24, 2.45) is 0 Å². The number of halogens is 1. The van der Waals surface area contributed by atoms with Gasteiger partial charge in [-0.3, -0.25) is 15.0 Å².